The number of piperazine rings is 1. The number of aromatic nitrogens is 1. The molecule has 1 saturated heterocycles. The van der Waals surface area contributed by atoms with Crippen molar-refractivity contribution in [3.63, 3.8) is 0 Å². The van der Waals surface area contributed by atoms with Crippen molar-refractivity contribution >= 4 is 33.3 Å². The molecule has 0 spiro atoms. The number of anilines is 1. The van der Waals surface area contributed by atoms with E-state index in [0.717, 1.165) is 39.0 Å². The van der Waals surface area contributed by atoms with Crippen molar-refractivity contribution in [2.45, 2.75) is 6.92 Å². The Bertz CT molecular complexity index is 1090. The monoisotopic (exact) mass is 474 g/mol. The van der Waals surface area contributed by atoms with E-state index in [4.69, 9.17) is 16.3 Å². The third kappa shape index (κ3) is 5.81. The largest absolute Gasteiger partial charge is 0.452 e. The Hall–Kier alpha value is -2.50. The summed E-state index contributed by atoms with van der Waals surface area (Å²) in [6.45, 7) is 6.36. The Kier molecular flexibility index (Phi) is 6.97. The number of halogens is 3. The molecule has 1 aliphatic heterocycles. The maximum Gasteiger partial charge on any atom is 0.267 e. The highest BCUT2D eigenvalue weighted by Gasteiger charge is 2.22. The van der Waals surface area contributed by atoms with Gasteiger partial charge in [0.1, 0.15) is 17.4 Å². The predicted molar refractivity (Wildman–Crippen MR) is 112 cm³/mol. The molecule has 2 heterocycles. The van der Waals surface area contributed by atoms with Gasteiger partial charge in [-0.1, -0.05) is 18.5 Å². The summed E-state index contributed by atoms with van der Waals surface area (Å²) in [5, 5.41) is 0.299. The highest BCUT2D eigenvalue weighted by Crippen LogP contribution is 2.32. The van der Waals surface area contributed by atoms with E-state index in [-0.39, 0.29) is 5.75 Å². The van der Waals surface area contributed by atoms with E-state index in [1.807, 2.05) is 4.90 Å². The third-order valence-corrected chi connectivity index (χ3v) is 5.52. The van der Waals surface area contributed by atoms with Gasteiger partial charge in [0.25, 0.3) is 5.91 Å². The van der Waals surface area contributed by atoms with Crippen molar-refractivity contribution in [2.24, 2.45) is 0 Å². The molecule has 1 aromatic heterocycles. The fourth-order valence-corrected chi connectivity index (χ4v) is 3.83. The molecule has 1 N–H and O–H groups in total. The van der Waals surface area contributed by atoms with Crippen LogP contribution in [0, 0.1) is 11.6 Å². The summed E-state index contributed by atoms with van der Waals surface area (Å²) in [4.78, 5) is 20.4. The van der Waals surface area contributed by atoms with E-state index in [2.05, 4.69) is 16.8 Å². The number of sulfonamides is 1. The van der Waals surface area contributed by atoms with Crippen LogP contribution in [-0.2, 0) is 10.0 Å². The molecular weight excluding hydrogens is 454 g/mol. The van der Waals surface area contributed by atoms with Crippen molar-refractivity contribution in [2.75, 3.05) is 43.9 Å². The maximum atomic E-state index is 14.4. The van der Waals surface area contributed by atoms with Crippen molar-refractivity contribution < 1.29 is 26.7 Å². The van der Waals surface area contributed by atoms with E-state index in [0.29, 0.717) is 23.0 Å². The minimum atomic E-state index is -3.93. The number of ether oxygens (including phenoxy) is 1. The number of nitrogens with zero attached hydrogens (tertiary/aromatic N) is 3. The van der Waals surface area contributed by atoms with Gasteiger partial charge < -0.3 is 14.5 Å². The molecule has 1 aromatic carbocycles. The Morgan fingerprint density at radius 3 is 2.45 bits per heavy atom. The number of carbonyl (C=O) groups excluding carboxylic acids is 1. The lowest BCUT2D eigenvalue weighted by Crippen LogP contribution is -2.46. The molecule has 0 aliphatic carbocycles. The highest BCUT2D eigenvalue weighted by molar-refractivity contribution is 7.89. The first-order chi connectivity index (χ1) is 14.6. The Labute approximate surface area is 183 Å². The summed E-state index contributed by atoms with van der Waals surface area (Å²) in [6, 6.07) is 2.65. The number of hydrogen-bond acceptors (Lipinski definition) is 7. The molecule has 8 nitrogen and oxygen atoms in total. The zero-order valence-electron chi connectivity index (χ0n) is 16.9. The Morgan fingerprint density at radius 1 is 1.19 bits per heavy atom. The van der Waals surface area contributed by atoms with Gasteiger partial charge in [-0.25, -0.2) is 26.9 Å². The molecule has 0 atom stereocenters. The van der Waals surface area contributed by atoms with Crippen molar-refractivity contribution in [3.8, 4) is 11.5 Å². The zero-order valence-corrected chi connectivity index (χ0v) is 18.4. The molecule has 0 bridgehead atoms. The van der Waals surface area contributed by atoms with E-state index in [1.165, 1.54) is 12.3 Å². The van der Waals surface area contributed by atoms with E-state index < -0.39 is 38.9 Å². The first kappa shape index (κ1) is 23.2. The Morgan fingerprint density at radius 2 is 1.87 bits per heavy atom. The first-order valence-electron chi connectivity index (χ1n) is 9.39. The van der Waals surface area contributed by atoms with Gasteiger partial charge in [-0.2, -0.15) is 0 Å². The van der Waals surface area contributed by atoms with Crippen LogP contribution in [0.1, 0.15) is 17.3 Å². The fourth-order valence-electron chi connectivity index (χ4n) is 3.11. The van der Waals surface area contributed by atoms with Crippen LogP contribution in [0.4, 0.5) is 14.6 Å². The van der Waals surface area contributed by atoms with Crippen LogP contribution in [0.25, 0.3) is 0 Å². The van der Waals surface area contributed by atoms with Crippen LogP contribution >= 0.6 is 11.6 Å². The quantitative estimate of drug-likeness (QED) is 0.688. The van der Waals surface area contributed by atoms with Crippen LogP contribution in [0.3, 0.4) is 0 Å². The summed E-state index contributed by atoms with van der Waals surface area (Å²) >= 11 is 6.32. The predicted octanol–water partition coefficient (Wildman–Crippen LogP) is 2.64. The summed E-state index contributed by atoms with van der Waals surface area (Å²) in [5.74, 6) is -3.35. The van der Waals surface area contributed by atoms with Crippen LogP contribution in [0.15, 0.2) is 24.4 Å². The minimum absolute atomic E-state index is 0.0765. The van der Waals surface area contributed by atoms with E-state index in [9.17, 15) is 22.0 Å². The van der Waals surface area contributed by atoms with Gasteiger partial charge in [-0.05, 0) is 12.6 Å². The molecule has 0 unspecified atom stereocenters. The number of benzene rings is 1. The molecule has 0 saturated carbocycles. The van der Waals surface area contributed by atoms with Gasteiger partial charge in [0.05, 0.1) is 23.0 Å². The molecule has 3 rings (SSSR count). The second kappa shape index (κ2) is 9.33. The average molecular weight is 475 g/mol. The molecule has 1 aliphatic rings. The fraction of sp³-hybridized carbons (Fsp3) is 0.368. The number of pyridine rings is 1. The standard InChI is InChI=1S/C19H21ClF2N4O4S/c1-3-25-4-6-26(7-5-25)18-14(20)8-12(11-23-18)30-17-10-15(21)13(9-16(17)22)19(27)24-31(2,28)29/h8-11H,3-7H2,1-2H3,(H,24,27). The van der Waals surface area contributed by atoms with Crippen molar-refractivity contribution in [1.82, 2.24) is 14.6 Å². The van der Waals surface area contributed by atoms with Crippen molar-refractivity contribution in [1.29, 1.82) is 0 Å². The van der Waals surface area contributed by atoms with Gasteiger partial charge in [-0.15, -0.1) is 0 Å². The normalized spacial score (nSPS) is 15.1. The lowest BCUT2D eigenvalue weighted by atomic mass is 10.2. The second-order valence-electron chi connectivity index (χ2n) is 6.97. The van der Waals surface area contributed by atoms with Gasteiger partial charge in [0, 0.05) is 38.3 Å². The zero-order chi connectivity index (χ0) is 22.8. The molecule has 31 heavy (non-hydrogen) atoms. The summed E-state index contributed by atoms with van der Waals surface area (Å²) in [7, 11) is -3.93. The summed E-state index contributed by atoms with van der Waals surface area (Å²) in [6.07, 6.45) is 2.07. The maximum absolute atomic E-state index is 14.4. The lowest BCUT2D eigenvalue weighted by molar-refractivity contribution is 0.0977. The van der Waals surface area contributed by atoms with Crippen LogP contribution in [-0.4, -0.2) is 63.2 Å². The molecule has 12 heteroatoms. The second-order valence-corrected chi connectivity index (χ2v) is 9.12. The lowest BCUT2D eigenvalue weighted by Gasteiger charge is -2.35. The SMILES string of the molecule is CCN1CCN(c2ncc(Oc3cc(F)c(C(=O)NS(C)(=O)=O)cc3F)cc2Cl)CC1. The first-order valence-corrected chi connectivity index (χ1v) is 11.7. The molecule has 2 aromatic rings. The van der Waals surface area contributed by atoms with Gasteiger partial charge in [0.2, 0.25) is 10.0 Å². The number of hydrogen-bond donors (Lipinski definition) is 1. The van der Waals surface area contributed by atoms with Crippen LogP contribution in [0.2, 0.25) is 5.02 Å². The minimum Gasteiger partial charge on any atom is -0.452 e. The van der Waals surface area contributed by atoms with Gasteiger partial charge >= 0.3 is 0 Å². The van der Waals surface area contributed by atoms with Gasteiger partial charge in [0.15, 0.2) is 11.6 Å². The average Bonchev–Trinajstić information content (AvgIpc) is 2.69. The Balaban J connectivity index is 1.76. The topological polar surface area (TPSA) is 91.8 Å². The van der Waals surface area contributed by atoms with Crippen molar-refractivity contribution in [3.05, 3.63) is 46.6 Å². The van der Waals surface area contributed by atoms with E-state index in [1.54, 1.807) is 4.72 Å². The third-order valence-electron chi connectivity index (χ3n) is 4.69. The van der Waals surface area contributed by atoms with Crippen LogP contribution < -0.4 is 14.4 Å². The number of amides is 1. The summed E-state index contributed by atoms with van der Waals surface area (Å²) < 4.78 is 57.8. The molecular formula is C19H21ClF2N4O4S. The smallest absolute Gasteiger partial charge is 0.267 e. The highest BCUT2D eigenvalue weighted by atomic mass is 35.5. The van der Waals surface area contributed by atoms with Crippen LogP contribution in [0.5, 0.6) is 11.5 Å². The van der Waals surface area contributed by atoms with Gasteiger partial charge in [-0.3, -0.25) is 4.79 Å². The number of rotatable bonds is 6. The molecule has 168 valence electrons. The molecule has 0 radical (unpaired) electrons. The number of carbonyl (C=O) groups is 1. The number of likely N-dealkylation sites (N-methyl/N-ethyl adjacent to an activating group) is 1. The summed E-state index contributed by atoms with van der Waals surface area (Å²) in [5.41, 5.74) is -0.770. The van der Waals surface area contributed by atoms with E-state index >= 15 is 0 Å². The number of nitrogens with one attached hydrogen (secondary N) is 1. The molecule has 1 fully saturated rings. The molecule has 1 amide bonds.